The SMILES string of the molecule is CCCSc1nnc(-c2cc(Cl)ccc2OC)n1-c1ccc(OC)c(Cl)c1. The minimum absolute atomic E-state index is 0.513. The van der Waals surface area contributed by atoms with Gasteiger partial charge in [-0.05, 0) is 42.8 Å². The second-order valence-electron chi connectivity index (χ2n) is 5.65. The molecule has 0 amide bonds. The van der Waals surface area contributed by atoms with Gasteiger partial charge in [0, 0.05) is 10.8 Å². The number of nitrogens with zero attached hydrogens (tertiary/aromatic N) is 3. The number of methoxy groups -OCH3 is 2. The topological polar surface area (TPSA) is 49.2 Å². The predicted molar refractivity (Wildman–Crippen MR) is 111 cm³/mol. The van der Waals surface area contributed by atoms with Crippen molar-refractivity contribution in [1.82, 2.24) is 14.8 Å². The monoisotopic (exact) mass is 423 g/mol. The van der Waals surface area contributed by atoms with Crippen LogP contribution in [0.15, 0.2) is 41.6 Å². The highest BCUT2D eigenvalue weighted by molar-refractivity contribution is 7.99. The van der Waals surface area contributed by atoms with Gasteiger partial charge in [-0.2, -0.15) is 0 Å². The molecule has 0 fully saturated rings. The largest absolute Gasteiger partial charge is 0.496 e. The summed E-state index contributed by atoms with van der Waals surface area (Å²) >= 11 is 14.2. The zero-order valence-corrected chi connectivity index (χ0v) is 17.5. The highest BCUT2D eigenvalue weighted by atomic mass is 35.5. The van der Waals surface area contributed by atoms with E-state index in [1.165, 1.54) is 0 Å². The number of rotatable bonds is 7. The van der Waals surface area contributed by atoms with Gasteiger partial charge in [0.05, 0.1) is 30.5 Å². The van der Waals surface area contributed by atoms with Crippen molar-refractivity contribution in [3.63, 3.8) is 0 Å². The molecule has 0 saturated carbocycles. The van der Waals surface area contributed by atoms with Gasteiger partial charge in [-0.1, -0.05) is 41.9 Å². The summed E-state index contributed by atoms with van der Waals surface area (Å²) in [5, 5.41) is 10.7. The normalized spacial score (nSPS) is 10.9. The molecule has 3 rings (SSSR count). The quantitative estimate of drug-likeness (QED) is 0.452. The Morgan fingerprint density at radius 2 is 1.74 bits per heavy atom. The van der Waals surface area contributed by atoms with Crippen LogP contribution in [0.25, 0.3) is 17.1 Å². The van der Waals surface area contributed by atoms with E-state index < -0.39 is 0 Å². The van der Waals surface area contributed by atoms with Crippen molar-refractivity contribution in [3.8, 4) is 28.6 Å². The molecule has 1 aromatic heterocycles. The van der Waals surface area contributed by atoms with E-state index >= 15 is 0 Å². The molecule has 0 N–H and O–H groups in total. The number of aromatic nitrogens is 3. The van der Waals surface area contributed by atoms with Gasteiger partial charge in [0.1, 0.15) is 11.5 Å². The van der Waals surface area contributed by atoms with E-state index in [1.54, 1.807) is 32.0 Å². The average molecular weight is 424 g/mol. The summed E-state index contributed by atoms with van der Waals surface area (Å²) in [6.07, 6.45) is 1.02. The summed E-state index contributed by atoms with van der Waals surface area (Å²) < 4.78 is 12.7. The Balaban J connectivity index is 2.20. The van der Waals surface area contributed by atoms with Crippen molar-refractivity contribution >= 4 is 35.0 Å². The maximum atomic E-state index is 6.35. The fraction of sp³-hybridized carbons (Fsp3) is 0.263. The van der Waals surface area contributed by atoms with Crippen LogP contribution < -0.4 is 9.47 Å². The third kappa shape index (κ3) is 4.18. The molecule has 142 valence electrons. The summed E-state index contributed by atoms with van der Waals surface area (Å²) in [5.41, 5.74) is 1.59. The first-order chi connectivity index (χ1) is 13.1. The fourth-order valence-electron chi connectivity index (χ4n) is 2.61. The molecule has 0 bridgehead atoms. The van der Waals surface area contributed by atoms with Crippen LogP contribution in [-0.2, 0) is 0 Å². The molecule has 8 heteroatoms. The second-order valence-corrected chi connectivity index (χ2v) is 7.56. The zero-order valence-electron chi connectivity index (χ0n) is 15.2. The molecule has 2 aromatic carbocycles. The van der Waals surface area contributed by atoms with Gasteiger partial charge in [-0.15, -0.1) is 10.2 Å². The molecular formula is C19H19Cl2N3O2S. The molecule has 0 saturated heterocycles. The predicted octanol–water partition coefficient (Wildman–Crippen LogP) is 5.76. The van der Waals surface area contributed by atoms with Crippen molar-refractivity contribution in [2.24, 2.45) is 0 Å². The van der Waals surface area contributed by atoms with Crippen molar-refractivity contribution in [3.05, 3.63) is 46.4 Å². The third-order valence-electron chi connectivity index (χ3n) is 3.86. The summed E-state index contributed by atoms with van der Waals surface area (Å²) in [5.74, 6) is 2.83. The minimum Gasteiger partial charge on any atom is -0.496 e. The highest BCUT2D eigenvalue weighted by Crippen LogP contribution is 2.36. The molecule has 27 heavy (non-hydrogen) atoms. The first-order valence-electron chi connectivity index (χ1n) is 8.35. The van der Waals surface area contributed by atoms with Crippen LogP contribution >= 0.6 is 35.0 Å². The van der Waals surface area contributed by atoms with Gasteiger partial charge in [-0.3, -0.25) is 4.57 Å². The molecule has 0 aliphatic carbocycles. The Morgan fingerprint density at radius 1 is 1.00 bits per heavy atom. The lowest BCUT2D eigenvalue weighted by Crippen LogP contribution is -2.01. The third-order valence-corrected chi connectivity index (χ3v) is 5.53. The lowest BCUT2D eigenvalue weighted by molar-refractivity contribution is 0.415. The molecule has 0 atom stereocenters. The Labute approximate surface area is 172 Å². The number of thioether (sulfide) groups is 1. The number of hydrogen-bond donors (Lipinski definition) is 0. The van der Waals surface area contributed by atoms with Crippen LogP contribution in [0.2, 0.25) is 10.0 Å². The number of halogens is 2. The Hall–Kier alpha value is -1.89. The maximum Gasteiger partial charge on any atom is 0.196 e. The highest BCUT2D eigenvalue weighted by Gasteiger charge is 2.20. The van der Waals surface area contributed by atoms with Crippen molar-refractivity contribution in [2.45, 2.75) is 18.5 Å². The summed E-state index contributed by atoms with van der Waals surface area (Å²) in [4.78, 5) is 0. The van der Waals surface area contributed by atoms with Gasteiger partial charge in [0.25, 0.3) is 0 Å². The lowest BCUT2D eigenvalue weighted by atomic mass is 10.2. The molecule has 1 heterocycles. The van der Waals surface area contributed by atoms with Crippen LogP contribution in [0.4, 0.5) is 0 Å². The summed E-state index contributed by atoms with van der Waals surface area (Å²) in [7, 11) is 3.20. The van der Waals surface area contributed by atoms with Gasteiger partial charge in [-0.25, -0.2) is 0 Å². The Bertz CT molecular complexity index is 947. The molecule has 0 radical (unpaired) electrons. The second kappa shape index (κ2) is 8.87. The number of hydrogen-bond acceptors (Lipinski definition) is 5. The van der Waals surface area contributed by atoms with E-state index in [1.807, 2.05) is 34.9 Å². The van der Waals surface area contributed by atoms with E-state index in [0.29, 0.717) is 27.4 Å². The molecule has 0 aliphatic heterocycles. The van der Waals surface area contributed by atoms with E-state index in [-0.39, 0.29) is 0 Å². The van der Waals surface area contributed by atoms with Gasteiger partial charge < -0.3 is 9.47 Å². The molecular weight excluding hydrogens is 405 g/mol. The molecule has 0 aliphatic rings. The first kappa shape index (κ1) is 19.9. The zero-order chi connectivity index (χ0) is 19.4. The molecule has 3 aromatic rings. The molecule has 0 unspecified atom stereocenters. The number of benzene rings is 2. The lowest BCUT2D eigenvalue weighted by Gasteiger charge is -2.14. The van der Waals surface area contributed by atoms with Crippen molar-refractivity contribution in [1.29, 1.82) is 0 Å². The van der Waals surface area contributed by atoms with Crippen molar-refractivity contribution < 1.29 is 9.47 Å². The summed E-state index contributed by atoms with van der Waals surface area (Å²) in [6.45, 7) is 2.12. The van der Waals surface area contributed by atoms with Crippen LogP contribution in [0, 0.1) is 0 Å². The summed E-state index contributed by atoms with van der Waals surface area (Å²) in [6, 6.07) is 11.0. The standard InChI is InChI=1S/C19H19Cl2N3O2S/c1-4-9-27-19-23-22-18(14-10-12(20)5-7-16(14)25-2)24(19)13-6-8-17(26-3)15(21)11-13/h5-8,10-11H,4,9H2,1-3H3. The Morgan fingerprint density at radius 3 is 2.41 bits per heavy atom. The molecule has 0 spiro atoms. The minimum atomic E-state index is 0.513. The fourth-order valence-corrected chi connectivity index (χ4v) is 3.84. The smallest absolute Gasteiger partial charge is 0.196 e. The van der Waals surface area contributed by atoms with E-state index in [2.05, 4.69) is 17.1 Å². The van der Waals surface area contributed by atoms with E-state index in [9.17, 15) is 0 Å². The van der Waals surface area contributed by atoms with E-state index in [4.69, 9.17) is 32.7 Å². The van der Waals surface area contributed by atoms with E-state index in [0.717, 1.165) is 28.6 Å². The van der Waals surface area contributed by atoms with Crippen LogP contribution in [0.5, 0.6) is 11.5 Å². The Kier molecular flexibility index (Phi) is 6.52. The van der Waals surface area contributed by atoms with Gasteiger partial charge in [0.2, 0.25) is 0 Å². The first-order valence-corrected chi connectivity index (χ1v) is 10.1. The number of ether oxygens (including phenoxy) is 2. The average Bonchev–Trinajstić information content (AvgIpc) is 3.09. The molecule has 5 nitrogen and oxygen atoms in total. The van der Waals surface area contributed by atoms with Gasteiger partial charge >= 0.3 is 0 Å². The maximum absolute atomic E-state index is 6.35. The van der Waals surface area contributed by atoms with Gasteiger partial charge in [0.15, 0.2) is 11.0 Å². The van der Waals surface area contributed by atoms with Crippen molar-refractivity contribution in [2.75, 3.05) is 20.0 Å². The van der Waals surface area contributed by atoms with Crippen LogP contribution in [0.1, 0.15) is 13.3 Å². The van der Waals surface area contributed by atoms with Crippen LogP contribution in [0.3, 0.4) is 0 Å². The van der Waals surface area contributed by atoms with Crippen LogP contribution in [-0.4, -0.2) is 34.7 Å².